The summed E-state index contributed by atoms with van der Waals surface area (Å²) in [5.41, 5.74) is -0.762. The molecule has 5 heteroatoms. The van der Waals surface area contributed by atoms with Crippen LogP contribution in [0.3, 0.4) is 0 Å². The molecule has 0 unspecified atom stereocenters. The molecule has 1 nitrogen and oxygen atoms in total. The van der Waals surface area contributed by atoms with Gasteiger partial charge in [0.05, 0.1) is 5.56 Å². The number of hydrogen-bond donors (Lipinski definition) is 0. The van der Waals surface area contributed by atoms with Crippen LogP contribution in [-0.2, 0) is 6.18 Å². The summed E-state index contributed by atoms with van der Waals surface area (Å²) < 4.78 is 37.7. The highest BCUT2D eigenvalue weighted by Crippen LogP contribution is 2.35. The molecule has 15 heavy (non-hydrogen) atoms. The van der Waals surface area contributed by atoms with Crippen molar-refractivity contribution in [3.63, 3.8) is 0 Å². The minimum Gasteiger partial charge on any atom is -0.243 e. The maximum atomic E-state index is 12.6. The number of aromatic nitrogens is 1. The number of pyridine rings is 1. The predicted octanol–water partition coefficient (Wildman–Crippen LogP) is 3.91. The monoisotopic (exact) mass is 231 g/mol. The first-order chi connectivity index (χ1) is 7.00. The Hall–Kier alpha value is -1.29. The second-order valence-electron chi connectivity index (χ2n) is 3.01. The Morgan fingerprint density at radius 3 is 2.27 bits per heavy atom. The summed E-state index contributed by atoms with van der Waals surface area (Å²) in [5.74, 6) is 0. The van der Waals surface area contributed by atoms with E-state index in [0.29, 0.717) is 5.39 Å². The number of hydrogen-bond acceptors (Lipinski definition) is 1. The Balaban J connectivity index is 2.84. The third-order valence-corrected chi connectivity index (χ3v) is 2.35. The molecule has 0 spiro atoms. The van der Waals surface area contributed by atoms with E-state index in [4.69, 9.17) is 11.6 Å². The van der Waals surface area contributed by atoms with Crippen molar-refractivity contribution in [3.8, 4) is 0 Å². The minimum absolute atomic E-state index is 0.0741. The zero-order valence-corrected chi connectivity index (χ0v) is 8.10. The van der Waals surface area contributed by atoms with E-state index in [-0.39, 0.29) is 10.5 Å². The van der Waals surface area contributed by atoms with Crippen LogP contribution in [0.2, 0.25) is 5.15 Å². The molecule has 2 rings (SSSR count). The van der Waals surface area contributed by atoms with Crippen molar-refractivity contribution in [2.24, 2.45) is 0 Å². The predicted molar refractivity (Wildman–Crippen MR) is 51.8 cm³/mol. The van der Waals surface area contributed by atoms with Crippen LogP contribution in [0.5, 0.6) is 0 Å². The van der Waals surface area contributed by atoms with Crippen LogP contribution in [0, 0.1) is 0 Å². The van der Waals surface area contributed by atoms with Gasteiger partial charge >= 0.3 is 6.18 Å². The molecule has 0 bridgehead atoms. The van der Waals surface area contributed by atoms with Crippen LogP contribution in [0.15, 0.2) is 30.5 Å². The summed E-state index contributed by atoms with van der Waals surface area (Å²) in [5, 5.41) is 0.470. The van der Waals surface area contributed by atoms with Gasteiger partial charge in [0, 0.05) is 11.6 Å². The Morgan fingerprint density at radius 1 is 1.07 bits per heavy atom. The highest BCUT2D eigenvalue weighted by Gasteiger charge is 2.33. The molecular weight excluding hydrogens is 227 g/mol. The van der Waals surface area contributed by atoms with Crippen molar-refractivity contribution in [1.82, 2.24) is 4.98 Å². The second-order valence-corrected chi connectivity index (χ2v) is 3.36. The molecule has 0 amide bonds. The molecule has 0 radical (unpaired) electrons. The van der Waals surface area contributed by atoms with Gasteiger partial charge in [-0.2, -0.15) is 13.2 Å². The van der Waals surface area contributed by atoms with Crippen LogP contribution in [0.25, 0.3) is 10.8 Å². The lowest BCUT2D eigenvalue weighted by Gasteiger charge is -2.10. The first-order valence-corrected chi connectivity index (χ1v) is 4.48. The first kappa shape index (κ1) is 10.2. The van der Waals surface area contributed by atoms with E-state index in [2.05, 4.69) is 4.98 Å². The molecule has 1 aromatic heterocycles. The second kappa shape index (κ2) is 3.38. The van der Waals surface area contributed by atoms with Crippen molar-refractivity contribution >= 4 is 22.4 Å². The summed E-state index contributed by atoms with van der Waals surface area (Å²) in [4.78, 5) is 3.52. The summed E-state index contributed by atoms with van der Waals surface area (Å²) in [7, 11) is 0. The summed E-state index contributed by atoms with van der Waals surface area (Å²) in [6, 6.07) is 6.05. The van der Waals surface area contributed by atoms with Crippen molar-refractivity contribution in [2.45, 2.75) is 6.18 Å². The lowest BCUT2D eigenvalue weighted by atomic mass is 10.1. The van der Waals surface area contributed by atoms with E-state index in [9.17, 15) is 13.2 Å². The average molecular weight is 232 g/mol. The van der Waals surface area contributed by atoms with Crippen molar-refractivity contribution in [3.05, 3.63) is 41.2 Å². The van der Waals surface area contributed by atoms with Crippen molar-refractivity contribution in [2.75, 3.05) is 0 Å². The normalized spacial score (nSPS) is 12.0. The zero-order chi connectivity index (χ0) is 11.1. The third kappa shape index (κ3) is 1.77. The van der Waals surface area contributed by atoms with E-state index >= 15 is 0 Å². The van der Waals surface area contributed by atoms with Crippen LogP contribution in [-0.4, -0.2) is 4.98 Å². The van der Waals surface area contributed by atoms with Crippen molar-refractivity contribution in [1.29, 1.82) is 0 Å². The number of alkyl halides is 3. The van der Waals surface area contributed by atoms with E-state index in [1.807, 2.05) is 0 Å². The van der Waals surface area contributed by atoms with Gasteiger partial charge in [-0.25, -0.2) is 4.98 Å². The summed E-state index contributed by atoms with van der Waals surface area (Å²) in [6.07, 6.45) is -3.65. The molecule has 0 fully saturated rings. The fraction of sp³-hybridized carbons (Fsp3) is 0.100. The van der Waals surface area contributed by atoms with E-state index in [0.717, 1.165) is 6.20 Å². The van der Waals surface area contributed by atoms with Crippen LogP contribution in [0.1, 0.15) is 5.56 Å². The molecule has 0 aliphatic rings. The van der Waals surface area contributed by atoms with Gasteiger partial charge in [-0.1, -0.05) is 35.9 Å². The van der Waals surface area contributed by atoms with Gasteiger partial charge in [0.2, 0.25) is 0 Å². The maximum absolute atomic E-state index is 12.6. The fourth-order valence-corrected chi connectivity index (χ4v) is 1.60. The molecule has 0 saturated heterocycles. The number of rotatable bonds is 0. The molecule has 2 aromatic rings. The fourth-order valence-electron chi connectivity index (χ4n) is 1.38. The number of fused-ring (bicyclic) bond motifs is 1. The van der Waals surface area contributed by atoms with Gasteiger partial charge in [-0.3, -0.25) is 0 Å². The van der Waals surface area contributed by atoms with Crippen LogP contribution < -0.4 is 0 Å². The van der Waals surface area contributed by atoms with Gasteiger partial charge < -0.3 is 0 Å². The largest absolute Gasteiger partial charge is 0.418 e. The first-order valence-electron chi connectivity index (χ1n) is 4.10. The van der Waals surface area contributed by atoms with Crippen molar-refractivity contribution < 1.29 is 13.2 Å². The Bertz CT molecular complexity index is 507. The molecule has 1 heterocycles. The highest BCUT2D eigenvalue weighted by atomic mass is 35.5. The summed E-state index contributed by atoms with van der Waals surface area (Å²) >= 11 is 5.70. The molecule has 78 valence electrons. The van der Waals surface area contributed by atoms with Gasteiger partial charge in [0.15, 0.2) is 0 Å². The summed E-state index contributed by atoms with van der Waals surface area (Å²) in [6.45, 7) is 0. The third-order valence-electron chi connectivity index (χ3n) is 2.05. The van der Waals surface area contributed by atoms with Gasteiger partial charge in [0.1, 0.15) is 5.15 Å². The topological polar surface area (TPSA) is 12.9 Å². The van der Waals surface area contributed by atoms with Gasteiger partial charge in [0.25, 0.3) is 0 Å². The van der Waals surface area contributed by atoms with Crippen LogP contribution in [0.4, 0.5) is 13.2 Å². The molecule has 0 saturated carbocycles. The van der Waals surface area contributed by atoms with Crippen LogP contribution >= 0.6 is 11.6 Å². The van der Waals surface area contributed by atoms with E-state index < -0.39 is 11.7 Å². The Kier molecular flexibility index (Phi) is 2.31. The molecule has 1 aromatic carbocycles. The zero-order valence-electron chi connectivity index (χ0n) is 7.35. The highest BCUT2D eigenvalue weighted by molar-refractivity contribution is 6.34. The van der Waals surface area contributed by atoms with Gasteiger partial charge in [-0.15, -0.1) is 0 Å². The lowest BCUT2D eigenvalue weighted by Crippen LogP contribution is -2.06. The Labute approximate surface area is 88.5 Å². The standard InChI is InChI=1S/C10H5ClF3N/c11-9-7-4-2-1-3-6(7)8(5-15-9)10(12,13)14/h1-5H. The minimum atomic E-state index is -4.41. The number of halogens is 4. The maximum Gasteiger partial charge on any atom is 0.418 e. The molecule has 0 aliphatic carbocycles. The Morgan fingerprint density at radius 2 is 1.67 bits per heavy atom. The molecular formula is C10H5ClF3N. The van der Waals surface area contributed by atoms with Gasteiger partial charge in [-0.05, 0) is 5.39 Å². The smallest absolute Gasteiger partial charge is 0.243 e. The number of nitrogens with zero attached hydrogens (tertiary/aromatic N) is 1. The van der Waals surface area contributed by atoms with E-state index in [1.54, 1.807) is 6.07 Å². The average Bonchev–Trinajstić information content (AvgIpc) is 2.17. The van der Waals surface area contributed by atoms with E-state index in [1.165, 1.54) is 18.2 Å². The molecule has 0 aliphatic heterocycles. The lowest BCUT2D eigenvalue weighted by molar-refractivity contribution is -0.136. The quantitative estimate of drug-likeness (QED) is 0.627. The molecule has 0 atom stereocenters. The number of benzene rings is 1. The SMILES string of the molecule is FC(F)(F)c1cnc(Cl)c2ccccc12. The molecule has 0 N–H and O–H groups in total.